The van der Waals surface area contributed by atoms with Gasteiger partial charge in [0.15, 0.2) is 0 Å². The summed E-state index contributed by atoms with van der Waals surface area (Å²) in [6, 6.07) is 5.04. The summed E-state index contributed by atoms with van der Waals surface area (Å²) in [4.78, 5) is 10.8. The second-order valence-corrected chi connectivity index (χ2v) is 5.33. The SMILES string of the molecule is Cc1cc(C(=O)O)ccc1NCC(C)(C)CCO. The third-order valence-corrected chi connectivity index (χ3v) is 3.02. The van der Waals surface area contributed by atoms with Crippen molar-refractivity contribution in [1.29, 1.82) is 0 Å². The number of anilines is 1. The maximum absolute atomic E-state index is 10.8. The summed E-state index contributed by atoms with van der Waals surface area (Å²) >= 11 is 0. The number of carboxylic acid groups (broad SMARTS) is 1. The monoisotopic (exact) mass is 251 g/mol. The van der Waals surface area contributed by atoms with E-state index in [1.54, 1.807) is 18.2 Å². The van der Waals surface area contributed by atoms with Crippen LogP contribution in [0.15, 0.2) is 18.2 Å². The standard InChI is InChI=1S/C14H21NO3/c1-10-8-11(13(17)18)4-5-12(10)15-9-14(2,3)6-7-16/h4-5,8,15-16H,6-7,9H2,1-3H3,(H,17,18). The number of aliphatic hydroxyl groups excluding tert-OH is 1. The number of aromatic carboxylic acids is 1. The second kappa shape index (κ2) is 5.87. The molecule has 0 fully saturated rings. The molecule has 0 aromatic heterocycles. The van der Waals surface area contributed by atoms with Crippen LogP contribution in [0.4, 0.5) is 5.69 Å². The topological polar surface area (TPSA) is 69.6 Å². The van der Waals surface area contributed by atoms with Crippen molar-refractivity contribution in [3.8, 4) is 0 Å². The molecule has 4 nitrogen and oxygen atoms in total. The van der Waals surface area contributed by atoms with Crippen LogP contribution in [-0.4, -0.2) is 29.3 Å². The third kappa shape index (κ3) is 4.04. The van der Waals surface area contributed by atoms with Crippen molar-refractivity contribution in [2.75, 3.05) is 18.5 Å². The molecule has 0 aliphatic heterocycles. The van der Waals surface area contributed by atoms with E-state index in [-0.39, 0.29) is 12.0 Å². The third-order valence-electron chi connectivity index (χ3n) is 3.02. The fourth-order valence-corrected chi connectivity index (χ4v) is 1.72. The first-order chi connectivity index (χ1) is 8.35. The fourth-order valence-electron chi connectivity index (χ4n) is 1.72. The lowest BCUT2D eigenvalue weighted by atomic mass is 9.89. The minimum absolute atomic E-state index is 0.00661. The molecule has 0 atom stereocenters. The first-order valence-corrected chi connectivity index (χ1v) is 6.04. The van der Waals surface area contributed by atoms with Crippen molar-refractivity contribution in [1.82, 2.24) is 0 Å². The number of aryl methyl sites for hydroxylation is 1. The zero-order chi connectivity index (χ0) is 13.8. The zero-order valence-electron chi connectivity index (χ0n) is 11.2. The molecular weight excluding hydrogens is 230 g/mol. The lowest BCUT2D eigenvalue weighted by molar-refractivity contribution is 0.0697. The number of nitrogens with one attached hydrogen (secondary N) is 1. The van der Waals surface area contributed by atoms with Crippen LogP contribution in [0.2, 0.25) is 0 Å². The molecular formula is C14H21NO3. The average Bonchev–Trinajstić information content (AvgIpc) is 2.27. The first kappa shape index (κ1) is 14.5. The lowest BCUT2D eigenvalue weighted by Crippen LogP contribution is -2.24. The van der Waals surface area contributed by atoms with E-state index in [4.69, 9.17) is 10.2 Å². The number of benzene rings is 1. The Bertz CT molecular complexity index is 427. The van der Waals surface area contributed by atoms with Gasteiger partial charge in [0.05, 0.1) is 5.56 Å². The number of rotatable bonds is 6. The van der Waals surface area contributed by atoms with Gasteiger partial charge in [0.2, 0.25) is 0 Å². The van der Waals surface area contributed by atoms with Crippen LogP contribution in [-0.2, 0) is 0 Å². The predicted molar refractivity (Wildman–Crippen MR) is 72.1 cm³/mol. The molecule has 0 saturated carbocycles. The molecule has 0 radical (unpaired) electrons. The number of aliphatic hydroxyl groups is 1. The molecule has 0 bridgehead atoms. The summed E-state index contributed by atoms with van der Waals surface area (Å²) in [6.07, 6.45) is 0.728. The molecule has 1 aromatic carbocycles. The highest BCUT2D eigenvalue weighted by Crippen LogP contribution is 2.23. The van der Waals surface area contributed by atoms with Crippen LogP contribution in [0.5, 0.6) is 0 Å². The van der Waals surface area contributed by atoms with Gasteiger partial charge in [0, 0.05) is 18.8 Å². The van der Waals surface area contributed by atoms with Gasteiger partial charge in [-0.05, 0) is 42.5 Å². The summed E-state index contributed by atoms with van der Waals surface area (Å²) < 4.78 is 0. The van der Waals surface area contributed by atoms with Gasteiger partial charge in [0.1, 0.15) is 0 Å². The Labute approximate surface area is 108 Å². The molecule has 0 aliphatic carbocycles. The maximum atomic E-state index is 10.8. The predicted octanol–water partition coefficient (Wildman–Crippen LogP) is 2.51. The van der Waals surface area contributed by atoms with E-state index >= 15 is 0 Å². The minimum atomic E-state index is -0.912. The molecule has 4 heteroatoms. The highest BCUT2D eigenvalue weighted by molar-refractivity contribution is 5.88. The van der Waals surface area contributed by atoms with Gasteiger partial charge in [-0.2, -0.15) is 0 Å². The summed E-state index contributed by atoms with van der Waals surface area (Å²) in [5, 5.41) is 21.1. The van der Waals surface area contributed by atoms with E-state index in [9.17, 15) is 4.79 Å². The molecule has 100 valence electrons. The van der Waals surface area contributed by atoms with E-state index < -0.39 is 5.97 Å². The Hall–Kier alpha value is -1.55. The fraction of sp³-hybridized carbons (Fsp3) is 0.500. The van der Waals surface area contributed by atoms with Crippen LogP contribution >= 0.6 is 0 Å². The average molecular weight is 251 g/mol. The van der Waals surface area contributed by atoms with Gasteiger partial charge >= 0.3 is 5.97 Å². The maximum Gasteiger partial charge on any atom is 0.335 e. The van der Waals surface area contributed by atoms with Gasteiger partial charge in [0.25, 0.3) is 0 Å². The van der Waals surface area contributed by atoms with Crippen LogP contribution in [0.25, 0.3) is 0 Å². The quantitative estimate of drug-likeness (QED) is 0.726. The van der Waals surface area contributed by atoms with E-state index in [0.717, 1.165) is 24.2 Å². The van der Waals surface area contributed by atoms with E-state index in [1.807, 2.05) is 6.92 Å². The largest absolute Gasteiger partial charge is 0.478 e. The minimum Gasteiger partial charge on any atom is -0.478 e. The van der Waals surface area contributed by atoms with Crippen LogP contribution in [0.3, 0.4) is 0 Å². The van der Waals surface area contributed by atoms with Crippen molar-refractivity contribution < 1.29 is 15.0 Å². The number of carboxylic acids is 1. The second-order valence-electron chi connectivity index (χ2n) is 5.33. The molecule has 0 spiro atoms. The molecule has 1 aromatic rings. The molecule has 0 saturated heterocycles. The summed E-state index contributed by atoms with van der Waals surface area (Å²) in [6.45, 7) is 6.95. The molecule has 3 N–H and O–H groups in total. The van der Waals surface area contributed by atoms with E-state index in [1.165, 1.54) is 0 Å². The number of hydrogen-bond donors (Lipinski definition) is 3. The Balaban J connectivity index is 2.71. The van der Waals surface area contributed by atoms with Crippen LogP contribution < -0.4 is 5.32 Å². The van der Waals surface area contributed by atoms with Crippen LogP contribution in [0, 0.1) is 12.3 Å². The Kier molecular flexibility index (Phi) is 4.73. The zero-order valence-corrected chi connectivity index (χ0v) is 11.2. The van der Waals surface area contributed by atoms with E-state index in [2.05, 4.69) is 19.2 Å². The Morgan fingerprint density at radius 1 is 1.39 bits per heavy atom. The van der Waals surface area contributed by atoms with Gasteiger partial charge < -0.3 is 15.5 Å². The van der Waals surface area contributed by atoms with Crippen molar-refractivity contribution in [2.45, 2.75) is 27.2 Å². The van der Waals surface area contributed by atoms with Crippen molar-refractivity contribution >= 4 is 11.7 Å². The molecule has 18 heavy (non-hydrogen) atoms. The Morgan fingerprint density at radius 2 is 2.06 bits per heavy atom. The van der Waals surface area contributed by atoms with Crippen molar-refractivity contribution in [2.24, 2.45) is 5.41 Å². The summed E-state index contributed by atoms with van der Waals surface area (Å²) in [5.74, 6) is -0.912. The summed E-state index contributed by atoms with van der Waals surface area (Å²) in [7, 11) is 0. The van der Waals surface area contributed by atoms with Gasteiger partial charge in [-0.1, -0.05) is 13.8 Å². The first-order valence-electron chi connectivity index (χ1n) is 6.04. The van der Waals surface area contributed by atoms with Gasteiger partial charge in [-0.3, -0.25) is 0 Å². The van der Waals surface area contributed by atoms with Crippen molar-refractivity contribution in [3.63, 3.8) is 0 Å². The molecule has 0 heterocycles. The highest BCUT2D eigenvalue weighted by Gasteiger charge is 2.17. The highest BCUT2D eigenvalue weighted by atomic mass is 16.4. The normalized spacial score (nSPS) is 11.3. The van der Waals surface area contributed by atoms with Gasteiger partial charge in [-0.25, -0.2) is 4.79 Å². The van der Waals surface area contributed by atoms with Crippen LogP contribution in [0.1, 0.15) is 36.2 Å². The van der Waals surface area contributed by atoms with E-state index in [0.29, 0.717) is 5.56 Å². The number of hydrogen-bond acceptors (Lipinski definition) is 3. The van der Waals surface area contributed by atoms with Crippen molar-refractivity contribution in [3.05, 3.63) is 29.3 Å². The van der Waals surface area contributed by atoms with Gasteiger partial charge in [-0.15, -0.1) is 0 Å². The molecule has 1 rings (SSSR count). The lowest BCUT2D eigenvalue weighted by Gasteiger charge is -2.25. The molecule has 0 amide bonds. The number of carbonyl (C=O) groups is 1. The molecule has 0 unspecified atom stereocenters. The smallest absolute Gasteiger partial charge is 0.335 e. The summed E-state index contributed by atoms with van der Waals surface area (Å²) in [5.41, 5.74) is 2.15. The Morgan fingerprint density at radius 3 is 2.56 bits per heavy atom. The molecule has 0 aliphatic rings.